The lowest BCUT2D eigenvalue weighted by Crippen LogP contribution is -2.39. The third-order valence-electron chi connectivity index (χ3n) is 3.79. The molecule has 0 aliphatic heterocycles. The number of sulfonamides is 1. The molecule has 0 atom stereocenters. The minimum absolute atomic E-state index is 0.340. The zero-order valence-corrected chi connectivity index (χ0v) is 16.2. The van der Waals surface area contributed by atoms with E-state index in [2.05, 4.69) is 10.5 Å². The third kappa shape index (κ3) is 5.42. The van der Waals surface area contributed by atoms with Crippen molar-refractivity contribution in [1.29, 1.82) is 0 Å². The van der Waals surface area contributed by atoms with Gasteiger partial charge in [-0.2, -0.15) is 5.10 Å². The number of hydrazone groups is 1. The van der Waals surface area contributed by atoms with Gasteiger partial charge in [-0.1, -0.05) is 42.0 Å². The molecular formula is C19H23N3O3S. The highest BCUT2D eigenvalue weighted by atomic mass is 32.2. The normalized spacial score (nSPS) is 11.9. The summed E-state index contributed by atoms with van der Waals surface area (Å²) in [7, 11) is -3.60. The predicted molar refractivity (Wildman–Crippen MR) is 105 cm³/mol. The number of amides is 1. The number of nitrogens with one attached hydrogen (secondary N) is 1. The molecule has 1 N–H and O–H groups in total. The molecule has 0 aliphatic carbocycles. The largest absolute Gasteiger partial charge is 0.271 e. The van der Waals surface area contributed by atoms with Gasteiger partial charge in [0.2, 0.25) is 10.0 Å². The van der Waals surface area contributed by atoms with E-state index in [9.17, 15) is 13.2 Å². The predicted octanol–water partition coefficient (Wildman–Crippen LogP) is 2.61. The molecule has 1 amide bonds. The molecule has 2 rings (SSSR count). The Balaban J connectivity index is 2.12. The van der Waals surface area contributed by atoms with Crippen LogP contribution in [0.25, 0.3) is 0 Å². The molecule has 0 saturated carbocycles. The van der Waals surface area contributed by atoms with Crippen LogP contribution in [0, 0.1) is 13.8 Å². The molecule has 2 aromatic carbocycles. The molecule has 26 heavy (non-hydrogen) atoms. The van der Waals surface area contributed by atoms with Gasteiger partial charge in [0, 0.05) is 0 Å². The Bertz CT molecular complexity index is 919. The molecule has 0 unspecified atom stereocenters. The molecule has 6 nitrogen and oxygen atoms in total. The first-order chi connectivity index (χ1) is 12.2. The van der Waals surface area contributed by atoms with Crippen molar-refractivity contribution in [1.82, 2.24) is 5.43 Å². The highest BCUT2D eigenvalue weighted by molar-refractivity contribution is 7.92. The lowest BCUT2D eigenvalue weighted by molar-refractivity contribution is -0.119. The number of aryl methyl sites for hydroxylation is 2. The molecule has 0 radical (unpaired) electrons. The van der Waals surface area contributed by atoms with Crippen molar-refractivity contribution in [3.05, 3.63) is 65.2 Å². The van der Waals surface area contributed by atoms with Crippen LogP contribution in [0.15, 0.2) is 53.6 Å². The van der Waals surface area contributed by atoms with Gasteiger partial charge in [0.1, 0.15) is 6.54 Å². The van der Waals surface area contributed by atoms with Gasteiger partial charge in [-0.3, -0.25) is 9.10 Å². The summed E-state index contributed by atoms with van der Waals surface area (Å²) in [4.78, 5) is 12.2. The number of rotatable bonds is 6. The summed E-state index contributed by atoms with van der Waals surface area (Å²) >= 11 is 0. The molecule has 0 bridgehead atoms. The van der Waals surface area contributed by atoms with Crippen LogP contribution in [0.1, 0.15) is 23.6 Å². The van der Waals surface area contributed by atoms with Crippen molar-refractivity contribution in [3.8, 4) is 0 Å². The second-order valence-electron chi connectivity index (χ2n) is 6.21. The van der Waals surface area contributed by atoms with Gasteiger partial charge in [-0.05, 0) is 44.0 Å². The van der Waals surface area contributed by atoms with Crippen LogP contribution in [0.3, 0.4) is 0 Å². The Hall–Kier alpha value is -2.67. The van der Waals surface area contributed by atoms with Crippen molar-refractivity contribution >= 4 is 27.3 Å². The molecule has 0 heterocycles. The first-order valence-corrected chi connectivity index (χ1v) is 9.96. The quantitative estimate of drug-likeness (QED) is 0.624. The summed E-state index contributed by atoms with van der Waals surface area (Å²) < 4.78 is 25.2. The van der Waals surface area contributed by atoms with Crippen LogP contribution < -0.4 is 9.73 Å². The Morgan fingerprint density at radius 3 is 2.31 bits per heavy atom. The van der Waals surface area contributed by atoms with Crippen LogP contribution in [0.4, 0.5) is 5.69 Å². The van der Waals surface area contributed by atoms with E-state index >= 15 is 0 Å². The summed E-state index contributed by atoms with van der Waals surface area (Å²) in [6, 6.07) is 14.7. The van der Waals surface area contributed by atoms with Gasteiger partial charge in [-0.15, -0.1) is 0 Å². The molecule has 0 saturated heterocycles. The summed E-state index contributed by atoms with van der Waals surface area (Å²) in [5.74, 6) is -0.511. The van der Waals surface area contributed by atoms with Crippen LogP contribution in [0.2, 0.25) is 0 Å². The average Bonchev–Trinajstić information content (AvgIpc) is 2.57. The Morgan fingerprint density at radius 2 is 1.73 bits per heavy atom. The molecule has 0 aliphatic rings. The fourth-order valence-corrected chi connectivity index (χ4v) is 3.20. The zero-order valence-electron chi connectivity index (χ0n) is 15.4. The lowest BCUT2D eigenvalue weighted by atomic mass is 10.1. The Morgan fingerprint density at radius 1 is 1.08 bits per heavy atom. The van der Waals surface area contributed by atoms with E-state index in [0.29, 0.717) is 11.4 Å². The van der Waals surface area contributed by atoms with E-state index in [1.165, 1.54) is 0 Å². The van der Waals surface area contributed by atoms with E-state index in [1.807, 2.05) is 44.2 Å². The van der Waals surface area contributed by atoms with Crippen molar-refractivity contribution < 1.29 is 13.2 Å². The summed E-state index contributed by atoms with van der Waals surface area (Å²) in [6.45, 7) is 5.29. The van der Waals surface area contributed by atoms with Gasteiger partial charge in [0.05, 0.1) is 17.7 Å². The number of nitrogens with zero attached hydrogens (tertiary/aromatic N) is 2. The van der Waals surface area contributed by atoms with Crippen LogP contribution >= 0.6 is 0 Å². The van der Waals surface area contributed by atoms with E-state index in [-0.39, 0.29) is 6.54 Å². The second-order valence-corrected chi connectivity index (χ2v) is 8.11. The van der Waals surface area contributed by atoms with Gasteiger partial charge in [0.15, 0.2) is 0 Å². The summed E-state index contributed by atoms with van der Waals surface area (Å²) in [5, 5.41) is 4.07. The second kappa shape index (κ2) is 8.14. The maximum Gasteiger partial charge on any atom is 0.260 e. The highest BCUT2D eigenvalue weighted by Crippen LogP contribution is 2.18. The van der Waals surface area contributed by atoms with Crippen molar-refractivity contribution in [2.45, 2.75) is 20.8 Å². The Kier molecular flexibility index (Phi) is 6.15. The molecule has 0 spiro atoms. The SMILES string of the molecule is C/C(=N\NC(=O)CN(c1cccc(C)c1)S(C)(=O)=O)c1ccc(C)cc1. The fraction of sp³-hybridized carbons (Fsp3) is 0.263. The van der Waals surface area contributed by atoms with Crippen molar-refractivity contribution in [2.24, 2.45) is 5.10 Å². The monoisotopic (exact) mass is 373 g/mol. The molecule has 138 valence electrons. The number of benzene rings is 2. The number of anilines is 1. The molecule has 7 heteroatoms. The number of hydrogen-bond donors (Lipinski definition) is 1. The number of carbonyl (C=O) groups is 1. The smallest absolute Gasteiger partial charge is 0.260 e. The van der Waals surface area contributed by atoms with Crippen molar-refractivity contribution in [3.63, 3.8) is 0 Å². The Labute approximate surface area is 154 Å². The van der Waals surface area contributed by atoms with Crippen LogP contribution in [-0.2, 0) is 14.8 Å². The molecule has 0 aromatic heterocycles. The number of hydrogen-bond acceptors (Lipinski definition) is 4. The summed E-state index contributed by atoms with van der Waals surface area (Å²) in [5.41, 5.74) is 6.43. The topological polar surface area (TPSA) is 78.8 Å². The van der Waals surface area contributed by atoms with Crippen molar-refractivity contribution in [2.75, 3.05) is 17.1 Å². The van der Waals surface area contributed by atoms with E-state index in [4.69, 9.17) is 0 Å². The highest BCUT2D eigenvalue weighted by Gasteiger charge is 2.20. The summed E-state index contributed by atoms with van der Waals surface area (Å²) in [6.07, 6.45) is 1.07. The minimum atomic E-state index is -3.60. The number of carbonyl (C=O) groups excluding carboxylic acids is 1. The first-order valence-electron chi connectivity index (χ1n) is 8.11. The van der Waals surface area contributed by atoms with Gasteiger partial charge >= 0.3 is 0 Å². The first kappa shape index (κ1) is 19.7. The molecular weight excluding hydrogens is 350 g/mol. The van der Waals surface area contributed by atoms with Gasteiger partial charge in [0.25, 0.3) is 5.91 Å². The maximum absolute atomic E-state index is 12.2. The van der Waals surface area contributed by atoms with Gasteiger partial charge < -0.3 is 0 Å². The zero-order chi connectivity index (χ0) is 19.3. The maximum atomic E-state index is 12.2. The average molecular weight is 373 g/mol. The van der Waals surface area contributed by atoms with E-state index in [1.54, 1.807) is 25.1 Å². The third-order valence-corrected chi connectivity index (χ3v) is 4.94. The fourth-order valence-electron chi connectivity index (χ4n) is 2.35. The van der Waals surface area contributed by atoms with Crippen LogP contribution in [-0.4, -0.2) is 32.8 Å². The van der Waals surface area contributed by atoms with E-state index in [0.717, 1.165) is 27.3 Å². The van der Waals surface area contributed by atoms with E-state index < -0.39 is 15.9 Å². The van der Waals surface area contributed by atoms with Gasteiger partial charge in [-0.25, -0.2) is 13.8 Å². The lowest BCUT2D eigenvalue weighted by Gasteiger charge is -2.21. The van der Waals surface area contributed by atoms with Crippen LogP contribution in [0.5, 0.6) is 0 Å². The molecule has 2 aromatic rings. The minimum Gasteiger partial charge on any atom is -0.271 e. The molecule has 0 fully saturated rings. The standard InChI is InChI=1S/C19H23N3O3S/c1-14-8-10-17(11-9-14)16(3)20-21-19(23)13-22(26(4,24)25)18-7-5-6-15(2)12-18/h5-12H,13H2,1-4H3,(H,21,23)/b20-16+.